The zero-order valence-corrected chi connectivity index (χ0v) is 15.6. The molecule has 0 saturated carbocycles. The fraction of sp³-hybridized carbons (Fsp3) is 0.100. The van der Waals surface area contributed by atoms with E-state index < -0.39 is 17.0 Å². The Morgan fingerprint density at radius 1 is 1.11 bits per heavy atom. The summed E-state index contributed by atoms with van der Waals surface area (Å²) >= 11 is 1.34. The maximum Gasteiger partial charge on any atom is 0.338 e. The van der Waals surface area contributed by atoms with Crippen LogP contribution < -0.4 is 5.32 Å². The third-order valence-electron chi connectivity index (χ3n) is 3.96. The molecule has 142 valence electrons. The Balaban J connectivity index is 1.63. The van der Waals surface area contributed by atoms with E-state index in [2.05, 4.69) is 5.32 Å². The standard InChI is InChI=1S/C20H16N2O5S/c1-13(15-4-2-5-17(12-15)22(25)26)27-20(24)14-7-9-16(10-8-14)21-19(23)18-6-3-11-28-18/h2-13H,1H3,(H,21,23)/t13-/m0/s1. The smallest absolute Gasteiger partial charge is 0.338 e. The molecule has 3 rings (SSSR count). The number of hydrogen-bond acceptors (Lipinski definition) is 6. The molecule has 0 aliphatic heterocycles. The van der Waals surface area contributed by atoms with Crippen molar-refractivity contribution in [2.45, 2.75) is 13.0 Å². The second-order valence-electron chi connectivity index (χ2n) is 5.91. The van der Waals surface area contributed by atoms with E-state index in [-0.39, 0.29) is 11.6 Å². The number of nitrogens with zero attached hydrogens (tertiary/aromatic N) is 1. The van der Waals surface area contributed by atoms with Gasteiger partial charge in [-0.05, 0) is 48.2 Å². The van der Waals surface area contributed by atoms with Gasteiger partial charge < -0.3 is 10.1 Å². The molecule has 1 N–H and O–H groups in total. The minimum absolute atomic E-state index is 0.0637. The quantitative estimate of drug-likeness (QED) is 0.366. The van der Waals surface area contributed by atoms with Crippen molar-refractivity contribution in [1.82, 2.24) is 0 Å². The minimum atomic E-state index is -0.648. The summed E-state index contributed by atoms with van der Waals surface area (Å²) in [5, 5.41) is 15.4. The summed E-state index contributed by atoms with van der Waals surface area (Å²) in [6, 6.07) is 15.8. The third-order valence-corrected chi connectivity index (χ3v) is 4.83. The van der Waals surface area contributed by atoms with Crippen LogP contribution in [-0.2, 0) is 4.74 Å². The van der Waals surface area contributed by atoms with E-state index in [0.717, 1.165) is 0 Å². The van der Waals surface area contributed by atoms with Crippen LogP contribution in [0.1, 0.15) is 38.6 Å². The SMILES string of the molecule is C[C@H](OC(=O)c1ccc(NC(=O)c2cccs2)cc1)c1cccc([N+](=O)[O-])c1. The van der Waals surface area contributed by atoms with Crippen LogP contribution in [0, 0.1) is 10.1 Å². The van der Waals surface area contributed by atoms with Gasteiger partial charge in [0, 0.05) is 17.8 Å². The van der Waals surface area contributed by atoms with Crippen LogP contribution in [0.15, 0.2) is 66.0 Å². The normalized spacial score (nSPS) is 11.5. The molecule has 0 saturated heterocycles. The second kappa shape index (κ2) is 8.45. The number of anilines is 1. The van der Waals surface area contributed by atoms with Crippen LogP contribution in [0.4, 0.5) is 11.4 Å². The Labute approximate surface area is 164 Å². The number of hydrogen-bond donors (Lipinski definition) is 1. The van der Waals surface area contributed by atoms with Crippen LogP contribution in [0.5, 0.6) is 0 Å². The Bertz CT molecular complexity index is 1000. The van der Waals surface area contributed by atoms with Crippen molar-refractivity contribution in [3.63, 3.8) is 0 Å². The van der Waals surface area contributed by atoms with E-state index in [1.165, 1.54) is 23.5 Å². The lowest BCUT2D eigenvalue weighted by Gasteiger charge is -2.14. The summed E-state index contributed by atoms with van der Waals surface area (Å²) in [7, 11) is 0. The van der Waals surface area contributed by atoms with Gasteiger partial charge in [0.2, 0.25) is 0 Å². The fourth-order valence-electron chi connectivity index (χ4n) is 2.48. The van der Waals surface area contributed by atoms with Gasteiger partial charge in [-0.25, -0.2) is 4.79 Å². The van der Waals surface area contributed by atoms with Gasteiger partial charge in [0.1, 0.15) is 6.10 Å². The lowest BCUT2D eigenvalue weighted by atomic mass is 10.1. The molecule has 28 heavy (non-hydrogen) atoms. The summed E-state index contributed by atoms with van der Waals surface area (Å²) in [6.07, 6.45) is -0.648. The first kappa shape index (κ1) is 19.2. The number of ether oxygens (including phenoxy) is 1. The van der Waals surface area contributed by atoms with Crippen molar-refractivity contribution >= 4 is 34.6 Å². The molecule has 1 amide bonds. The van der Waals surface area contributed by atoms with Gasteiger partial charge in [0.05, 0.1) is 15.4 Å². The van der Waals surface area contributed by atoms with E-state index in [4.69, 9.17) is 4.74 Å². The predicted molar refractivity (Wildman–Crippen MR) is 106 cm³/mol. The lowest BCUT2D eigenvalue weighted by molar-refractivity contribution is -0.385. The Kier molecular flexibility index (Phi) is 5.81. The van der Waals surface area contributed by atoms with Gasteiger partial charge in [0.15, 0.2) is 0 Å². The number of carbonyl (C=O) groups is 2. The first-order chi connectivity index (χ1) is 13.4. The average Bonchev–Trinajstić information content (AvgIpc) is 3.23. The number of esters is 1. The lowest BCUT2D eigenvalue weighted by Crippen LogP contribution is -2.11. The highest BCUT2D eigenvalue weighted by atomic mass is 32.1. The van der Waals surface area contributed by atoms with Crippen molar-refractivity contribution < 1.29 is 19.2 Å². The number of amides is 1. The number of benzene rings is 2. The molecule has 2 aromatic carbocycles. The first-order valence-corrected chi connectivity index (χ1v) is 9.22. The van der Waals surface area contributed by atoms with Crippen molar-refractivity contribution in [2.24, 2.45) is 0 Å². The molecule has 0 aliphatic rings. The van der Waals surface area contributed by atoms with Gasteiger partial charge in [-0.3, -0.25) is 14.9 Å². The molecule has 0 unspecified atom stereocenters. The summed E-state index contributed by atoms with van der Waals surface area (Å²) in [4.78, 5) is 35.3. The van der Waals surface area contributed by atoms with E-state index >= 15 is 0 Å². The molecule has 7 nitrogen and oxygen atoms in total. The molecule has 0 fully saturated rings. The molecular formula is C20H16N2O5S. The molecule has 8 heteroatoms. The maximum absolute atomic E-state index is 12.3. The number of rotatable bonds is 6. The highest BCUT2D eigenvalue weighted by Crippen LogP contribution is 2.23. The van der Waals surface area contributed by atoms with Gasteiger partial charge in [-0.15, -0.1) is 11.3 Å². The second-order valence-corrected chi connectivity index (χ2v) is 6.86. The van der Waals surface area contributed by atoms with Crippen molar-refractivity contribution in [2.75, 3.05) is 5.32 Å². The van der Waals surface area contributed by atoms with E-state index in [0.29, 0.717) is 21.7 Å². The number of carbonyl (C=O) groups excluding carboxylic acids is 2. The first-order valence-electron chi connectivity index (χ1n) is 8.34. The summed E-state index contributed by atoms with van der Waals surface area (Å²) in [6.45, 7) is 1.65. The molecule has 0 spiro atoms. The number of thiophene rings is 1. The molecule has 0 aliphatic carbocycles. The third kappa shape index (κ3) is 4.60. The van der Waals surface area contributed by atoms with Gasteiger partial charge in [-0.1, -0.05) is 18.2 Å². The average molecular weight is 396 g/mol. The van der Waals surface area contributed by atoms with E-state index in [1.54, 1.807) is 55.5 Å². The Morgan fingerprint density at radius 3 is 2.50 bits per heavy atom. The Hall–Kier alpha value is -3.52. The molecule has 0 radical (unpaired) electrons. The van der Waals surface area contributed by atoms with Crippen molar-refractivity contribution in [3.05, 3.63) is 92.2 Å². The van der Waals surface area contributed by atoms with Crippen LogP contribution >= 0.6 is 11.3 Å². The minimum Gasteiger partial charge on any atom is -0.454 e. The number of nitrogens with one attached hydrogen (secondary N) is 1. The monoisotopic (exact) mass is 396 g/mol. The number of nitro benzene ring substituents is 1. The molecule has 1 aromatic heterocycles. The Morgan fingerprint density at radius 2 is 1.86 bits per heavy atom. The zero-order chi connectivity index (χ0) is 20.1. The van der Waals surface area contributed by atoms with Crippen LogP contribution in [-0.4, -0.2) is 16.8 Å². The fourth-order valence-corrected chi connectivity index (χ4v) is 3.10. The molecule has 1 heterocycles. The molecule has 3 aromatic rings. The van der Waals surface area contributed by atoms with Crippen LogP contribution in [0.3, 0.4) is 0 Å². The van der Waals surface area contributed by atoms with Gasteiger partial charge in [-0.2, -0.15) is 0 Å². The van der Waals surface area contributed by atoms with E-state index in [1.807, 2.05) is 5.38 Å². The van der Waals surface area contributed by atoms with Crippen molar-refractivity contribution in [3.8, 4) is 0 Å². The van der Waals surface area contributed by atoms with Gasteiger partial charge in [0.25, 0.3) is 11.6 Å². The zero-order valence-electron chi connectivity index (χ0n) is 14.8. The van der Waals surface area contributed by atoms with E-state index in [9.17, 15) is 19.7 Å². The van der Waals surface area contributed by atoms with Crippen molar-refractivity contribution in [1.29, 1.82) is 0 Å². The topological polar surface area (TPSA) is 98.5 Å². The largest absolute Gasteiger partial charge is 0.454 e. The summed E-state index contributed by atoms with van der Waals surface area (Å²) < 4.78 is 5.39. The number of nitro groups is 1. The summed E-state index contributed by atoms with van der Waals surface area (Å²) in [5.74, 6) is -0.778. The summed E-state index contributed by atoms with van der Waals surface area (Å²) in [5.41, 5.74) is 1.33. The number of non-ortho nitro benzene ring substituents is 1. The highest BCUT2D eigenvalue weighted by molar-refractivity contribution is 7.12. The maximum atomic E-state index is 12.3. The van der Waals surface area contributed by atoms with Crippen LogP contribution in [0.2, 0.25) is 0 Å². The molecule has 1 atom stereocenters. The molecular weight excluding hydrogens is 380 g/mol. The predicted octanol–water partition coefficient (Wildman–Crippen LogP) is 4.83. The molecule has 0 bridgehead atoms. The highest BCUT2D eigenvalue weighted by Gasteiger charge is 2.16. The van der Waals surface area contributed by atoms with Gasteiger partial charge >= 0.3 is 5.97 Å². The van der Waals surface area contributed by atoms with Crippen LogP contribution in [0.25, 0.3) is 0 Å².